The van der Waals surface area contributed by atoms with Gasteiger partial charge in [-0.15, -0.1) is 6.42 Å². The normalized spacial score (nSPS) is 15.0. The average molecular weight is 520 g/mol. The van der Waals surface area contributed by atoms with Gasteiger partial charge in [0, 0.05) is 11.8 Å². The minimum atomic E-state index is -4.36. The molecule has 0 saturated heterocycles. The number of hydrogen-bond donors (Lipinski definition) is 3. The van der Waals surface area contributed by atoms with Crippen LogP contribution in [0.2, 0.25) is 18.1 Å². The van der Waals surface area contributed by atoms with Gasteiger partial charge in [0.1, 0.15) is 11.3 Å². The Morgan fingerprint density at radius 2 is 1.71 bits per heavy atom. The van der Waals surface area contributed by atoms with Gasteiger partial charge in [-0.3, -0.25) is 10.1 Å². The van der Waals surface area contributed by atoms with Gasteiger partial charge in [0.2, 0.25) is 10.0 Å². The van der Waals surface area contributed by atoms with E-state index in [1.807, 2.05) is 13.1 Å². The second-order valence-electron chi connectivity index (χ2n) is 9.99. The lowest BCUT2D eigenvalue weighted by Gasteiger charge is -2.40. The maximum atomic E-state index is 13.4. The molecule has 0 aliphatic carbocycles. The summed E-state index contributed by atoms with van der Waals surface area (Å²) in [5.74, 6) is 2.69. The average Bonchev–Trinajstić information content (AvgIpc) is 2.77. The molecule has 2 aromatic rings. The van der Waals surface area contributed by atoms with E-state index >= 15 is 0 Å². The van der Waals surface area contributed by atoms with Gasteiger partial charge in [-0.05, 0) is 55.4 Å². The number of terminal acetylenes is 1. The number of anilines is 1. The summed E-state index contributed by atoms with van der Waals surface area (Å²) in [4.78, 5) is 10.3. The van der Waals surface area contributed by atoms with Crippen molar-refractivity contribution in [1.29, 1.82) is 0 Å². The maximum absolute atomic E-state index is 13.4. The molecule has 3 N–H and O–H groups in total. The Bertz CT molecular complexity index is 1200. The van der Waals surface area contributed by atoms with Crippen LogP contribution in [-0.2, 0) is 14.4 Å². The van der Waals surface area contributed by atoms with Crippen LogP contribution < -0.4 is 10.0 Å². The van der Waals surface area contributed by atoms with Crippen molar-refractivity contribution in [2.75, 3.05) is 11.9 Å². The van der Waals surface area contributed by atoms with Crippen molar-refractivity contribution in [3.63, 3.8) is 0 Å². The second-order valence-corrected chi connectivity index (χ2v) is 16.5. The highest BCUT2D eigenvalue weighted by molar-refractivity contribution is 7.89. The molecule has 0 aromatic heterocycles. The van der Waals surface area contributed by atoms with E-state index in [1.165, 1.54) is 30.3 Å². The summed E-state index contributed by atoms with van der Waals surface area (Å²) < 4.78 is 35.6. The van der Waals surface area contributed by atoms with Crippen molar-refractivity contribution in [1.82, 2.24) is 4.72 Å². The minimum Gasteiger partial charge on any atom is -0.508 e. The van der Waals surface area contributed by atoms with Gasteiger partial charge in [-0.2, -0.15) is 0 Å². The summed E-state index contributed by atoms with van der Waals surface area (Å²) in [5, 5.41) is 24.1. The first-order valence-corrected chi connectivity index (χ1v) is 15.4. The lowest BCUT2D eigenvalue weighted by atomic mass is 9.94. The van der Waals surface area contributed by atoms with Crippen LogP contribution in [0.15, 0.2) is 53.4 Å². The Labute approximate surface area is 208 Å². The van der Waals surface area contributed by atoms with E-state index in [4.69, 9.17) is 10.8 Å². The predicted molar refractivity (Wildman–Crippen MR) is 139 cm³/mol. The first-order valence-electron chi connectivity index (χ1n) is 11.0. The number of nitro benzene ring substituents is 1. The molecular weight excluding hydrogens is 486 g/mol. The molecule has 0 saturated carbocycles. The predicted octanol–water partition coefficient (Wildman–Crippen LogP) is 4.47. The number of phenolic OH excluding ortho intramolecular Hbond substituents is 1. The molecule has 0 fully saturated rings. The number of hydrogen-bond acceptors (Lipinski definition) is 7. The number of benzene rings is 2. The number of sulfonamides is 1. The summed E-state index contributed by atoms with van der Waals surface area (Å²) >= 11 is 0. The molecule has 9 nitrogen and oxygen atoms in total. The van der Waals surface area contributed by atoms with Crippen LogP contribution in [0.3, 0.4) is 0 Å². The number of aromatic hydroxyl groups is 1. The third-order valence-corrected chi connectivity index (χ3v) is 12.4. The second kappa shape index (κ2) is 10.4. The number of nitro groups is 1. The quantitative estimate of drug-likeness (QED) is 0.139. The number of para-hydroxylation sites is 1. The molecule has 2 rings (SSSR count). The molecule has 0 bridgehead atoms. The van der Waals surface area contributed by atoms with Crippen molar-refractivity contribution < 1.29 is 22.9 Å². The van der Waals surface area contributed by atoms with Crippen LogP contribution in [0, 0.1) is 22.5 Å². The zero-order valence-electron chi connectivity index (χ0n) is 20.8. The van der Waals surface area contributed by atoms with Crippen LogP contribution >= 0.6 is 0 Å². The molecule has 0 unspecified atom stereocenters. The van der Waals surface area contributed by atoms with E-state index in [0.29, 0.717) is 5.69 Å². The van der Waals surface area contributed by atoms with Crippen molar-refractivity contribution >= 4 is 29.7 Å². The molecule has 0 radical (unpaired) electrons. The van der Waals surface area contributed by atoms with Gasteiger partial charge in [-0.1, -0.05) is 38.8 Å². The largest absolute Gasteiger partial charge is 0.508 e. The monoisotopic (exact) mass is 519 g/mol. The van der Waals surface area contributed by atoms with Gasteiger partial charge in [-0.25, -0.2) is 13.1 Å². The van der Waals surface area contributed by atoms with Gasteiger partial charge in [0.05, 0.1) is 17.6 Å². The molecule has 0 aliphatic heterocycles. The van der Waals surface area contributed by atoms with Gasteiger partial charge >= 0.3 is 0 Å². The van der Waals surface area contributed by atoms with Crippen LogP contribution in [0.25, 0.3) is 0 Å². The fourth-order valence-corrected chi connectivity index (χ4v) is 5.48. The standard InChI is InChI=1S/C24H33N3O6SSi/c1-8-24(5,25-18-13-15-19(28)16-14-18)22(17-33-35(6,7)23(2,3)4)26-34(31,32)21-12-10-9-11-20(21)27(29)30/h1,9-16,22,25-26,28H,17H2,2-7H3/t22-,24-/m1/s1. The van der Waals surface area contributed by atoms with Crippen molar-refractivity contribution in [3.05, 3.63) is 58.6 Å². The molecule has 0 aliphatic rings. The van der Waals surface area contributed by atoms with Gasteiger partial charge in [0.15, 0.2) is 13.2 Å². The third kappa shape index (κ3) is 6.82. The van der Waals surface area contributed by atoms with Crippen molar-refractivity contribution in [2.45, 2.75) is 62.3 Å². The summed E-state index contributed by atoms with van der Waals surface area (Å²) in [5.41, 5.74) is -1.29. The Kier molecular flexibility index (Phi) is 8.39. The number of rotatable bonds is 10. The number of nitrogens with zero attached hydrogens (tertiary/aromatic N) is 1. The van der Waals surface area contributed by atoms with Crippen LogP contribution in [0.1, 0.15) is 27.7 Å². The Hall–Kier alpha value is -2.91. The Balaban J connectivity index is 2.51. The van der Waals surface area contributed by atoms with E-state index in [9.17, 15) is 23.6 Å². The van der Waals surface area contributed by atoms with Crippen molar-refractivity contribution in [3.8, 4) is 18.1 Å². The van der Waals surface area contributed by atoms with Crippen LogP contribution in [0.5, 0.6) is 5.75 Å². The highest BCUT2D eigenvalue weighted by Crippen LogP contribution is 2.37. The fraction of sp³-hybridized carbons (Fsp3) is 0.417. The van der Waals surface area contributed by atoms with Gasteiger partial charge < -0.3 is 14.8 Å². The van der Waals surface area contributed by atoms with Crippen molar-refractivity contribution in [2.24, 2.45) is 0 Å². The molecule has 0 spiro atoms. The Morgan fingerprint density at radius 3 is 2.23 bits per heavy atom. The first kappa shape index (κ1) is 28.3. The lowest BCUT2D eigenvalue weighted by molar-refractivity contribution is -0.387. The van der Waals surface area contributed by atoms with E-state index in [0.717, 1.165) is 6.07 Å². The molecule has 2 atom stereocenters. The summed E-state index contributed by atoms with van der Waals surface area (Å²) in [6, 6.07) is 10.3. The first-order chi connectivity index (χ1) is 16.0. The molecule has 0 heterocycles. The number of phenols is 1. The van der Waals surface area contributed by atoms with E-state index in [2.05, 4.69) is 36.7 Å². The van der Waals surface area contributed by atoms with Crippen LogP contribution in [-0.4, -0.2) is 45.0 Å². The molecule has 35 heavy (non-hydrogen) atoms. The molecule has 11 heteroatoms. The fourth-order valence-electron chi connectivity index (χ4n) is 2.98. The molecule has 190 valence electrons. The van der Waals surface area contributed by atoms with E-state index in [1.54, 1.807) is 19.1 Å². The topological polar surface area (TPSA) is 131 Å². The SMILES string of the molecule is C#C[C@@](C)(Nc1ccc(O)cc1)[C@@H](CO[Si](C)(C)C(C)(C)C)NS(=O)(=O)c1ccccc1[N+](=O)[O-]. The smallest absolute Gasteiger partial charge is 0.289 e. The van der Waals surface area contributed by atoms with E-state index < -0.39 is 45.4 Å². The molecular formula is C24H33N3O6SSi. The zero-order valence-corrected chi connectivity index (χ0v) is 22.6. The molecule has 0 amide bonds. The number of nitrogens with one attached hydrogen (secondary N) is 2. The summed E-state index contributed by atoms with van der Waals surface area (Å²) in [6.07, 6.45) is 5.90. The highest BCUT2D eigenvalue weighted by atomic mass is 32.2. The maximum Gasteiger partial charge on any atom is 0.289 e. The minimum absolute atomic E-state index is 0.0628. The van der Waals surface area contributed by atoms with Gasteiger partial charge in [0.25, 0.3) is 5.69 Å². The summed E-state index contributed by atoms with van der Waals surface area (Å²) in [7, 11) is -6.68. The van der Waals surface area contributed by atoms with E-state index in [-0.39, 0.29) is 17.4 Å². The van der Waals surface area contributed by atoms with Crippen LogP contribution in [0.4, 0.5) is 11.4 Å². The third-order valence-electron chi connectivity index (χ3n) is 6.33. The Morgan fingerprint density at radius 1 is 1.14 bits per heavy atom. The lowest BCUT2D eigenvalue weighted by Crippen LogP contribution is -2.58. The molecule has 2 aromatic carbocycles. The summed E-state index contributed by atoms with van der Waals surface area (Å²) in [6.45, 7) is 11.8. The highest BCUT2D eigenvalue weighted by Gasteiger charge is 2.42. The zero-order chi connectivity index (χ0) is 26.7.